The Labute approximate surface area is 165 Å². The number of rotatable bonds is 9. The molecule has 0 atom stereocenters. The third-order valence-corrected chi connectivity index (χ3v) is 3.78. The van der Waals surface area contributed by atoms with Gasteiger partial charge < -0.3 is 15.4 Å². The Balaban J connectivity index is 2.16. The second-order valence-corrected chi connectivity index (χ2v) is 5.89. The van der Waals surface area contributed by atoms with Gasteiger partial charge in [-0.25, -0.2) is 0 Å². The van der Waals surface area contributed by atoms with Gasteiger partial charge in [0, 0.05) is 43.6 Å². The van der Waals surface area contributed by atoms with E-state index in [0.29, 0.717) is 25.1 Å². The van der Waals surface area contributed by atoms with Crippen molar-refractivity contribution < 1.29 is 24.2 Å². The first-order valence-electron chi connectivity index (χ1n) is 8.44. The molecule has 2 rings (SSSR count). The number of carbonyl (C=O) groups excluding carboxylic acids is 2. The predicted octanol–water partition coefficient (Wildman–Crippen LogP) is 2.52. The topological polar surface area (TPSA) is 154 Å². The molecular formula is C18H18N4O7. The summed E-state index contributed by atoms with van der Waals surface area (Å²) in [5.74, 6) is -1.13. The van der Waals surface area contributed by atoms with Crippen molar-refractivity contribution >= 4 is 28.9 Å². The van der Waals surface area contributed by atoms with Gasteiger partial charge in [-0.05, 0) is 24.6 Å². The van der Waals surface area contributed by atoms with Crippen LogP contribution in [0.2, 0.25) is 0 Å². The molecule has 11 nitrogen and oxygen atoms in total. The lowest BCUT2D eigenvalue weighted by molar-refractivity contribution is -0.394. The van der Waals surface area contributed by atoms with Gasteiger partial charge in [0.1, 0.15) is 0 Å². The first kappa shape index (κ1) is 21.4. The zero-order valence-corrected chi connectivity index (χ0v) is 15.4. The summed E-state index contributed by atoms with van der Waals surface area (Å²) in [6, 6.07) is 8.70. The average molecular weight is 402 g/mol. The fourth-order valence-corrected chi connectivity index (χ4v) is 2.40. The Kier molecular flexibility index (Phi) is 7.32. The summed E-state index contributed by atoms with van der Waals surface area (Å²) < 4.78 is 4.90. The summed E-state index contributed by atoms with van der Waals surface area (Å²) in [7, 11) is 1.56. The number of ether oxygens (including phenoxy) is 1. The molecule has 29 heavy (non-hydrogen) atoms. The number of anilines is 1. The van der Waals surface area contributed by atoms with Crippen LogP contribution in [-0.2, 0) is 4.74 Å². The molecule has 0 bridgehead atoms. The Morgan fingerprint density at radius 2 is 1.62 bits per heavy atom. The average Bonchev–Trinajstić information content (AvgIpc) is 2.70. The molecule has 0 aliphatic rings. The van der Waals surface area contributed by atoms with E-state index in [-0.39, 0.29) is 17.2 Å². The van der Waals surface area contributed by atoms with E-state index in [1.165, 1.54) is 12.1 Å². The molecule has 0 aliphatic carbocycles. The number of nitro benzene ring substituents is 2. The first-order chi connectivity index (χ1) is 13.8. The van der Waals surface area contributed by atoms with Crippen LogP contribution in [0.3, 0.4) is 0 Å². The van der Waals surface area contributed by atoms with Gasteiger partial charge in [-0.1, -0.05) is 6.07 Å². The molecular weight excluding hydrogens is 384 g/mol. The fourth-order valence-electron chi connectivity index (χ4n) is 2.40. The predicted molar refractivity (Wildman–Crippen MR) is 103 cm³/mol. The monoisotopic (exact) mass is 402 g/mol. The molecule has 2 aromatic carbocycles. The van der Waals surface area contributed by atoms with Crippen LogP contribution in [0.1, 0.15) is 27.1 Å². The molecule has 2 N–H and O–H groups in total. The molecule has 0 unspecified atom stereocenters. The van der Waals surface area contributed by atoms with Crippen molar-refractivity contribution in [1.82, 2.24) is 5.32 Å². The van der Waals surface area contributed by atoms with E-state index in [2.05, 4.69) is 10.6 Å². The van der Waals surface area contributed by atoms with Crippen molar-refractivity contribution in [3.05, 3.63) is 73.8 Å². The van der Waals surface area contributed by atoms with Crippen LogP contribution in [0.5, 0.6) is 0 Å². The zero-order chi connectivity index (χ0) is 21.4. The SMILES string of the molecule is COCCCNC(=O)c1cccc(NC(=O)c2cc([N+](=O)[O-])cc([N+](=O)[O-])c2)c1. The first-order valence-corrected chi connectivity index (χ1v) is 8.44. The normalized spacial score (nSPS) is 10.2. The Morgan fingerprint density at radius 3 is 2.21 bits per heavy atom. The molecule has 11 heteroatoms. The fraction of sp³-hybridized carbons (Fsp3) is 0.222. The van der Waals surface area contributed by atoms with Crippen LogP contribution in [0, 0.1) is 20.2 Å². The second-order valence-electron chi connectivity index (χ2n) is 5.89. The van der Waals surface area contributed by atoms with E-state index in [4.69, 9.17) is 4.74 Å². The van der Waals surface area contributed by atoms with Crippen molar-refractivity contribution in [2.75, 3.05) is 25.6 Å². The minimum absolute atomic E-state index is 0.250. The number of carbonyl (C=O) groups is 2. The van der Waals surface area contributed by atoms with Gasteiger partial charge in [0.15, 0.2) is 0 Å². The van der Waals surface area contributed by atoms with E-state index in [1.807, 2.05) is 0 Å². The maximum absolute atomic E-state index is 12.4. The van der Waals surface area contributed by atoms with Crippen LogP contribution in [0.15, 0.2) is 42.5 Å². The molecule has 152 valence electrons. The van der Waals surface area contributed by atoms with Gasteiger partial charge >= 0.3 is 0 Å². The van der Waals surface area contributed by atoms with Gasteiger partial charge in [0.2, 0.25) is 0 Å². The van der Waals surface area contributed by atoms with Crippen LogP contribution < -0.4 is 10.6 Å². The minimum atomic E-state index is -0.821. The van der Waals surface area contributed by atoms with Gasteiger partial charge in [-0.15, -0.1) is 0 Å². The second kappa shape index (κ2) is 9.90. The van der Waals surface area contributed by atoms with Crippen molar-refractivity contribution in [2.45, 2.75) is 6.42 Å². The molecule has 0 heterocycles. The van der Waals surface area contributed by atoms with Gasteiger partial charge in [0.25, 0.3) is 23.2 Å². The Hall–Kier alpha value is -3.86. The third kappa shape index (κ3) is 6.07. The van der Waals surface area contributed by atoms with Crippen LogP contribution in [-0.4, -0.2) is 41.9 Å². The van der Waals surface area contributed by atoms with Crippen molar-refractivity contribution in [3.8, 4) is 0 Å². The molecule has 0 saturated carbocycles. The number of hydrogen-bond acceptors (Lipinski definition) is 7. The maximum atomic E-state index is 12.4. The molecule has 0 spiro atoms. The lowest BCUT2D eigenvalue weighted by Gasteiger charge is -2.08. The highest BCUT2D eigenvalue weighted by atomic mass is 16.6. The van der Waals surface area contributed by atoms with E-state index < -0.39 is 27.1 Å². The lowest BCUT2D eigenvalue weighted by Crippen LogP contribution is -2.25. The number of nitrogens with zero attached hydrogens (tertiary/aromatic N) is 2. The number of benzene rings is 2. The highest BCUT2D eigenvalue weighted by Gasteiger charge is 2.20. The molecule has 0 saturated heterocycles. The molecule has 0 aromatic heterocycles. The van der Waals surface area contributed by atoms with E-state index in [1.54, 1.807) is 19.2 Å². The van der Waals surface area contributed by atoms with Crippen molar-refractivity contribution in [3.63, 3.8) is 0 Å². The van der Waals surface area contributed by atoms with Crippen LogP contribution >= 0.6 is 0 Å². The minimum Gasteiger partial charge on any atom is -0.385 e. The Morgan fingerprint density at radius 1 is 0.966 bits per heavy atom. The summed E-state index contributed by atoms with van der Waals surface area (Å²) in [5.41, 5.74) is -0.846. The van der Waals surface area contributed by atoms with Crippen molar-refractivity contribution in [1.29, 1.82) is 0 Å². The highest BCUT2D eigenvalue weighted by Crippen LogP contribution is 2.23. The lowest BCUT2D eigenvalue weighted by atomic mass is 10.1. The number of nitro groups is 2. The third-order valence-electron chi connectivity index (χ3n) is 3.78. The standard InChI is InChI=1S/C18H18N4O7/c1-29-7-3-6-19-17(23)12-4-2-5-14(8-12)20-18(24)13-9-15(21(25)26)11-16(10-13)22(27)28/h2,4-5,8-11H,3,6-7H2,1H3,(H,19,23)(H,20,24). The van der Waals surface area contributed by atoms with Crippen LogP contribution in [0.25, 0.3) is 0 Å². The van der Waals surface area contributed by atoms with E-state index >= 15 is 0 Å². The van der Waals surface area contributed by atoms with E-state index in [0.717, 1.165) is 18.2 Å². The number of non-ortho nitro benzene ring substituents is 2. The molecule has 2 aromatic rings. The summed E-state index contributed by atoms with van der Waals surface area (Å²) in [5, 5.41) is 27.1. The molecule has 2 amide bonds. The van der Waals surface area contributed by atoms with E-state index in [9.17, 15) is 29.8 Å². The van der Waals surface area contributed by atoms with Crippen LogP contribution in [0.4, 0.5) is 17.1 Å². The smallest absolute Gasteiger partial charge is 0.277 e. The van der Waals surface area contributed by atoms with Gasteiger partial charge in [-0.3, -0.25) is 29.8 Å². The largest absolute Gasteiger partial charge is 0.385 e. The highest BCUT2D eigenvalue weighted by molar-refractivity contribution is 6.05. The maximum Gasteiger partial charge on any atom is 0.277 e. The summed E-state index contributed by atoms with van der Waals surface area (Å²) in [6.07, 6.45) is 0.643. The number of hydrogen-bond donors (Lipinski definition) is 2. The van der Waals surface area contributed by atoms with Gasteiger partial charge in [0.05, 0.1) is 21.5 Å². The van der Waals surface area contributed by atoms with Gasteiger partial charge in [-0.2, -0.15) is 0 Å². The quantitative estimate of drug-likeness (QED) is 0.371. The summed E-state index contributed by atoms with van der Waals surface area (Å²) in [6.45, 7) is 0.923. The zero-order valence-electron chi connectivity index (χ0n) is 15.4. The number of amides is 2. The Bertz CT molecular complexity index is 913. The summed E-state index contributed by atoms with van der Waals surface area (Å²) in [4.78, 5) is 44.8. The number of nitrogens with one attached hydrogen (secondary N) is 2. The summed E-state index contributed by atoms with van der Waals surface area (Å²) >= 11 is 0. The molecule has 0 radical (unpaired) electrons. The molecule has 0 fully saturated rings. The molecule has 0 aliphatic heterocycles. The van der Waals surface area contributed by atoms with Crippen molar-refractivity contribution in [2.24, 2.45) is 0 Å². The number of methoxy groups -OCH3 is 1.